The molecule has 0 saturated heterocycles. The van der Waals surface area contributed by atoms with Gasteiger partial charge in [0.15, 0.2) is 0 Å². The Morgan fingerprint density at radius 1 is 1.25 bits per heavy atom. The SMILES string of the molecule is CCCNC1C(Oc2ccc(C)c(C)c2)CCC1(C)C. The summed E-state index contributed by atoms with van der Waals surface area (Å²) in [5, 5.41) is 3.69. The van der Waals surface area contributed by atoms with Gasteiger partial charge in [0.25, 0.3) is 0 Å². The van der Waals surface area contributed by atoms with Crippen molar-refractivity contribution >= 4 is 0 Å². The first kappa shape index (κ1) is 15.4. The van der Waals surface area contributed by atoms with Crippen LogP contribution in [-0.2, 0) is 0 Å². The van der Waals surface area contributed by atoms with Gasteiger partial charge in [-0.3, -0.25) is 0 Å². The Morgan fingerprint density at radius 2 is 2.00 bits per heavy atom. The number of aryl methyl sites for hydroxylation is 2. The van der Waals surface area contributed by atoms with E-state index in [4.69, 9.17) is 4.74 Å². The molecule has 0 spiro atoms. The van der Waals surface area contributed by atoms with Gasteiger partial charge in [0.1, 0.15) is 11.9 Å². The van der Waals surface area contributed by atoms with Gasteiger partial charge in [-0.2, -0.15) is 0 Å². The molecule has 112 valence electrons. The lowest BCUT2D eigenvalue weighted by molar-refractivity contribution is 0.140. The molecule has 0 aromatic heterocycles. The van der Waals surface area contributed by atoms with Crippen LogP contribution in [0.25, 0.3) is 0 Å². The molecule has 1 N–H and O–H groups in total. The number of hydrogen-bond donors (Lipinski definition) is 1. The monoisotopic (exact) mass is 275 g/mol. The molecule has 1 aromatic carbocycles. The third kappa shape index (κ3) is 3.35. The molecule has 0 aliphatic heterocycles. The average molecular weight is 275 g/mol. The standard InChI is InChI=1S/C18H29NO/c1-6-11-19-17-16(9-10-18(17,4)5)20-15-8-7-13(2)14(3)12-15/h7-8,12,16-17,19H,6,9-11H2,1-5H3. The summed E-state index contributed by atoms with van der Waals surface area (Å²) in [5.41, 5.74) is 2.95. The Morgan fingerprint density at radius 3 is 2.65 bits per heavy atom. The molecule has 0 radical (unpaired) electrons. The highest BCUT2D eigenvalue weighted by molar-refractivity contribution is 5.34. The minimum absolute atomic E-state index is 0.290. The summed E-state index contributed by atoms with van der Waals surface area (Å²) in [6.07, 6.45) is 3.83. The van der Waals surface area contributed by atoms with E-state index in [1.165, 1.54) is 24.0 Å². The van der Waals surface area contributed by atoms with Crippen LogP contribution < -0.4 is 10.1 Å². The third-order valence-electron chi connectivity index (χ3n) is 4.67. The van der Waals surface area contributed by atoms with Crippen LogP contribution in [0.3, 0.4) is 0 Å². The van der Waals surface area contributed by atoms with Crippen LogP contribution in [0.2, 0.25) is 0 Å². The van der Waals surface area contributed by atoms with Crippen LogP contribution in [0.15, 0.2) is 18.2 Å². The normalized spacial score (nSPS) is 24.9. The van der Waals surface area contributed by atoms with E-state index in [0.29, 0.717) is 17.6 Å². The maximum absolute atomic E-state index is 6.29. The van der Waals surface area contributed by atoms with Gasteiger partial charge in [-0.25, -0.2) is 0 Å². The van der Waals surface area contributed by atoms with Gasteiger partial charge in [0.2, 0.25) is 0 Å². The third-order valence-corrected chi connectivity index (χ3v) is 4.67. The largest absolute Gasteiger partial charge is 0.489 e. The minimum Gasteiger partial charge on any atom is -0.489 e. The Labute approximate surface area is 123 Å². The minimum atomic E-state index is 0.290. The number of rotatable bonds is 5. The Kier molecular flexibility index (Phi) is 4.74. The van der Waals surface area contributed by atoms with Crippen molar-refractivity contribution < 1.29 is 4.74 Å². The van der Waals surface area contributed by atoms with E-state index in [2.05, 4.69) is 58.1 Å². The predicted octanol–water partition coefficient (Wildman–Crippen LogP) is 4.24. The predicted molar refractivity (Wildman–Crippen MR) is 85.4 cm³/mol. The number of benzene rings is 1. The zero-order valence-electron chi connectivity index (χ0n) is 13.6. The van der Waals surface area contributed by atoms with Crippen molar-refractivity contribution in [1.29, 1.82) is 0 Å². The zero-order valence-corrected chi connectivity index (χ0v) is 13.6. The first-order valence-electron chi connectivity index (χ1n) is 7.91. The zero-order chi connectivity index (χ0) is 14.8. The summed E-state index contributed by atoms with van der Waals surface area (Å²) < 4.78 is 6.29. The molecule has 2 unspecified atom stereocenters. The van der Waals surface area contributed by atoms with Crippen molar-refractivity contribution in [2.75, 3.05) is 6.54 Å². The molecule has 1 fully saturated rings. The van der Waals surface area contributed by atoms with Gasteiger partial charge >= 0.3 is 0 Å². The molecule has 1 saturated carbocycles. The quantitative estimate of drug-likeness (QED) is 0.868. The lowest BCUT2D eigenvalue weighted by Crippen LogP contribution is -2.47. The molecular formula is C18H29NO. The second-order valence-corrected chi connectivity index (χ2v) is 6.86. The van der Waals surface area contributed by atoms with Gasteiger partial charge in [-0.1, -0.05) is 26.8 Å². The second kappa shape index (κ2) is 6.17. The van der Waals surface area contributed by atoms with Gasteiger partial charge in [-0.15, -0.1) is 0 Å². The molecule has 1 aromatic rings. The van der Waals surface area contributed by atoms with Crippen LogP contribution in [-0.4, -0.2) is 18.7 Å². The fourth-order valence-corrected chi connectivity index (χ4v) is 3.14. The molecule has 2 atom stereocenters. The molecule has 0 bridgehead atoms. The summed E-state index contributed by atoms with van der Waals surface area (Å²) in [5.74, 6) is 1.01. The molecule has 0 heterocycles. The topological polar surface area (TPSA) is 21.3 Å². The van der Waals surface area contributed by atoms with E-state index in [0.717, 1.165) is 18.7 Å². The average Bonchev–Trinajstić information content (AvgIpc) is 2.67. The van der Waals surface area contributed by atoms with Crippen LogP contribution >= 0.6 is 0 Å². The van der Waals surface area contributed by atoms with E-state index < -0.39 is 0 Å². The van der Waals surface area contributed by atoms with Crippen molar-refractivity contribution in [3.8, 4) is 5.75 Å². The fourth-order valence-electron chi connectivity index (χ4n) is 3.14. The Bertz CT molecular complexity index is 453. The Hall–Kier alpha value is -1.02. The first-order chi connectivity index (χ1) is 9.44. The smallest absolute Gasteiger partial charge is 0.120 e. The highest BCUT2D eigenvalue weighted by atomic mass is 16.5. The number of ether oxygens (including phenoxy) is 1. The van der Waals surface area contributed by atoms with Crippen molar-refractivity contribution in [3.63, 3.8) is 0 Å². The highest BCUT2D eigenvalue weighted by Crippen LogP contribution is 2.39. The summed E-state index contributed by atoms with van der Waals surface area (Å²) in [6, 6.07) is 6.87. The molecule has 20 heavy (non-hydrogen) atoms. The lowest BCUT2D eigenvalue weighted by Gasteiger charge is -2.31. The fraction of sp³-hybridized carbons (Fsp3) is 0.667. The van der Waals surface area contributed by atoms with E-state index in [1.54, 1.807) is 0 Å². The van der Waals surface area contributed by atoms with E-state index in [1.807, 2.05) is 0 Å². The summed E-state index contributed by atoms with van der Waals surface area (Å²) in [7, 11) is 0. The van der Waals surface area contributed by atoms with Crippen molar-refractivity contribution in [3.05, 3.63) is 29.3 Å². The van der Waals surface area contributed by atoms with E-state index in [-0.39, 0.29) is 0 Å². The van der Waals surface area contributed by atoms with Crippen LogP contribution in [0, 0.1) is 19.3 Å². The molecule has 2 rings (SSSR count). The first-order valence-corrected chi connectivity index (χ1v) is 7.91. The van der Waals surface area contributed by atoms with Crippen LogP contribution in [0.4, 0.5) is 0 Å². The van der Waals surface area contributed by atoms with Gasteiger partial charge in [0.05, 0.1) is 0 Å². The van der Waals surface area contributed by atoms with Crippen molar-refractivity contribution in [2.24, 2.45) is 5.41 Å². The van der Waals surface area contributed by atoms with E-state index >= 15 is 0 Å². The van der Waals surface area contributed by atoms with Crippen LogP contribution in [0.1, 0.15) is 51.2 Å². The van der Waals surface area contributed by atoms with Crippen molar-refractivity contribution in [1.82, 2.24) is 5.32 Å². The number of nitrogens with one attached hydrogen (secondary N) is 1. The lowest BCUT2D eigenvalue weighted by atomic mass is 9.87. The summed E-state index contributed by atoms with van der Waals surface area (Å²) in [6.45, 7) is 12.3. The molecule has 1 aliphatic rings. The molecule has 0 amide bonds. The molecular weight excluding hydrogens is 246 g/mol. The molecule has 2 nitrogen and oxygen atoms in total. The maximum Gasteiger partial charge on any atom is 0.120 e. The van der Waals surface area contributed by atoms with Crippen LogP contribution in [0.5, 0.6) is 5.75 Å². The Balaban J connectivity index is 2.08. The second-order valence-electron chi connectivity index (χ2n) is 6.86. The van der Waals surface area contributed by atoms with Gasteiger partial charge < -0.3 is 10.1 Å². The van der Waals surface area contributed by atoms with Crippen molar-refractivity contribution in [2.45, 2.75) is 66.0 Å². The maximum atomic E-state index is 6.29. The van der Waals surface area contributed by atoms with Gasteiger partial charge in [0, 0.05) is 6.04 Å². The molecule has 1 aliphatic carbocycles. The number of hydrogen-bond acceptors (Lipinski definition) is 2. The molecule has 2 heteroatoms. The van der Waals surface area contributed by atoms with Gasteiger partial charge in [-0.05, 0) is 68.3 Å². The van der Waals surface area contributed by atoms with E-state index in [9.17, 15) is 0 Å². The summed E-state index contributed by atoms with van der Waals surface area (Å²) >= 11 is 0. The summed E-state index contributed by atoms with van der Waals surface area (Å²) in [4.78, 5) is 0. The highest BCUT2D eigenvalue weighted by Gasteiger charge is 2.42.